The number of hydrogen-bond donors (Lipinski definition) is 1. The Bertz CT molecular complexity index is 1330. The SMILES string of the molecule is C=C(COc1ccc(NC(=C)c2cc3nccc(-c4ccc(C)c(OC)c4)n3n2)cc1)OCC. The van der Waals surface area contributed by atoms with Crippen molar-refractivity contribution in [3.63, 3.8) is 0 Å². The van der Waals surface area contributed by atoms with E-state index in [4.69, 9.17) is 19.3 Å². The summed E-state index contributed by atoms with van der Waals surface area (Å²) in [6.45, 7) is 12.8. The first-order valence-corrected chi connectivity index (χ1v) is 11.0. The predicted molar refractivity (Wildman–Crippen MR) is 135 cm³/mol. The fourth-order valence-electron chi connectivity index (χ4n) is 3.52. The Morgan fingerprint density at radius 2 is 1.85 bits per heavy atom. The molecular formula is C27H28N4O3. The van der Waals surface area contributed by atoms with Gasteiger partial charge in [-0.05, 0) is 55.8 Å². The first kappa shape index (κ1) is 22.9. The highest BCUT2D eigenvalue weighted by Gasteiger charge is 2.12. The highest BCUT2D eigenvalue weighted by atomic mass is 16.5. The number of methoxy groups -OCH3 is 1. The van der Waals surface area contributed by atoms with Gasteiger partial charge < -0.3 is 19.5 Å². The highest BCUT2D eigenvalue weighted by Crippen LogP contribution is 2.28. The van der Waals surface area contributed by atoms with Crippen molar-refractivity contribution in [2.24, 2.45) is 0 Å². The molecule has 0 spiro atoms. The van der Waals surface area contributed by atoms with Gasteiger partial charge in [-0.25, -0.2) is 9.50 Å². The van der Waals surface area contributed by atoms with Crippen LogP contribution in [0.3, 0.4) is 0 Å². The van der Waals surface area contributed by atoms with Crippen LogP contribution < -0.4 is 14.8 Å². The van der Waals surface area contributed by atoms with Crippen molar-refractivity contribution in [2.75, 3.05) is 25.6 Å². The van der Waals surface area contributed by atoms with E-state index >= 15 is 0 Å². The van der Waals surface area contributed by atoms with Crippen LogP contribution in [0.1, 0.15) is 18.2 Å². The minimum atomic E-state index is 0.316. The minimum absolute atomic E-state index is 0.316. The van der Waals surface area contributed by atoms with E-state index in [1.54, 1.807) is 13.3 Å². The standard InChI is InChI=1S/C27H28N4O3/c1-6-33-19(3)17-34-23-11-9-22(10-12-23)29-20(4)24-16-27-28-14-13-25(31(27)30-24)21-8-7-18(2)26(15-21)32-5/h7-16,29H,3-4,6,17H2,1-2,5H3. The lowest BCUT2D eigenvalue weighted by Gasteiger charge is -2.11. The second-order valence-corrected chi connectivity index (χ2v) is 7.70. The number of rotatable bonds is 10. The van der Waals surface area contributed by atoms with Gasteiger partial charge in [-0.3, -0.25) is 0 Å². The number of aromatic nitrogens is 3. The number of ether oxygens (including phenoxy) is 3. The van der Waals surface area contributed by atoms with Crippen molar-refractivity contribution in [1.82, 2.24) is 14.6 Å². The quantitative estimate of drug-likeness (QED) is 0.308. The van der Waals surface area contributed by atoms with Crippen LogP contribution in [-0.4, -0.2) is 34.9 Å². The zero-order valence-electron chi connectivity index (χ0n) is 19.7. The molecule has 174 valence electrons. The maximum atomic E-state index is 5.68. The molecule has 4 aromatic rings. The van der Waals surface area contributed by atoms with Crippen LogP contribution >= 0.6 is 0 Å². The second-order valence-electron chi connectivity index (χ2n) is 7.70. The fraction of sp³-hybridized carbons (Fsp3) is 0.185. The first-order valence-electron chi connectivity index (χ1n) is 11.0. The molecule has 4 rings (SSSR count). The maximum Gasteiger partial charge on any atom is 0.156 e. The van der Waals surface area contributed by atoms with Crippen LogP contribution in [0.5, 0.6) is 11.5 Å². The summed E-state index contributed by atoms with van der Waals surface area (Å²) >= 11 is 0. The molecule has 7 nitrogen and oxygen atoms in total. The zero-order chi connectivity index (χ0) is 24.1. The Morgan fingerprint density at radius 1 is 1.06 bits per heavy atom. The second kappa shape index (κ2) is 10.1. The molecule has 2 aromatic heterocycles. The third-order valence-electron chi connectivity index (χ3n) is 5.27. The molecule has 0 fully saturated rings. The molecule has 34 heavy (non-hydrogen) atoms. The number of aryl methyl sites for hydroxylation is 1. The van der Waals surface area contributed by atoms with E-state index in [9.17, 15) is 0 Å². The monoisotopic (exact) mass is 456 g/mol. The average Bonchev–Trinajstić information content (AvgIpc) is 3.29. The number of benzene rings is 2. The number of anilines is 1. The molecule has 0 amide bonds. The Kier molecular flexibility index (Phi) is 6.82. The highest BCUT2D eigenvalue weighted by molar-refractivity contribution is 5.76. The van der Waals surface area contributed by atoms with Gasteiger partial charge >= 0.3 is 0 Å². The lowest BCUT2D eigenvalue weighted by molar-refractivity contribution is 0.182. The van der Waals surface area contributed by atoms with Crippen LogP contribution in [0, 0.1) is 6.92 Å². The summed E-state index contributed by atoms with van der Waals surface area (Å²) in [5.74, 6) is 2.16. The van der Waals surface area contributed by atoms with Crippen LogP contribution in [-0.2, 0) is 4.74 Å². The van der Waals surface area contributed by atoms with Crippen LogP contribution in [0.15, 0.2) is 79.7 Å². The van der Waals surface area contributed by atoms with E-state index in [1.165, 1.54) is 0 Å². The summed E-state index contributed by atoms with van der Waals surface area (Å²) in [6.07, 6.45) is 1.78. The number of hydrogen-bond acceptors (Lipinski definition) is 6. The van der Waals surface area contributed by atoms with Gasteiger partial charge in [0.2, 0.25) is 0 Å². The van der Waals surface area contributed by atoms with E-state index < -0.39 is 0 Å². The van der Waals surface area contributed by atoms with E-state index in [1.807, 2.05) is 73.0 Å². The molecule has 0 atom stereocenters. The Labute approximate surface area is 199 Å². The van der Waals surface area contributed by atoms with Gasteiger partial charge in [-0.2, -0.15) is 5.10 Å². The van der Waals surface area contributed by atoms with E-state index in [0.29, 0.717) is 30.4 Å². The molecule has 0 bridgehead atoms. The van der Waals surface area contributed by atoms with E-state index in [2.05, 4.69) is 23.5 Å². The molecule has 7 heteroatoms. The van der Waals surface area contributed by atoms with Gasteiger partial charge in [0.25, 0.3) is 0 Å². The van der Waals surface area contributed by atoms with Gasteiger partial charge in [-0.1, -0.05) is 25.3 Å². The molecule has 2 heterocycles. The summed E-state index contributed by atoms with van der Waals surface area (Å²) < 4.78 is 18.3. The summed E-state index contributed by atoms with van der Waals surface area (Å²) in [5.41, 5.74) is 5.94. The van der Waals surface area contributed by atoms with Gasteiger partial charge in [-0.15, -0.1) is 0 Å². The molecular weight excluding hydrogens is 428 g/mol. The fourth-order valence-corrected chi connectivity index (χ4v) is 3.52. The van der Waals surface area contributed by atoms with E-state index in [-0.39, 0.29) is 0 Å². The van der Waals surface area contributed by atoms with Crippen molar-refractivity contribution in [3.05, 3.63) is 91.0 Å². The van der Waals surface area contributed by atoms with Crippen molar-refractivity contribution < 1.29 is 14.2 Å². The van der Waals surface area contributed by atoms with Gasteiger partial charge in [0, 0.05) is 23.5 Å². The molecule has 0 unspecified atom stereocenters. The molecule has 2 aromatic carbocycles. The normalized spacial score (nSPS) is 10.7. The molecule has 0 saturated heterocycles. The van der Waals surface area contributed by atoms with Gasteiger partial charge in [0.1, 0.15) is 29.6 Å². The lowest BCUT2D eigenvalue weighted by atomic mass is 10.1. The van der Waals surface area contributed by atoms with Crippen molar-refractivity contribution >= 4 is 17.0 Å². The van der Waals surface area contributed by atoms with Gasteiger partial charge in [0.15, 0.2) is 5.65 Å². The molecule has 0 aliphatic rings. The first-order chi connectivity index (χ1) is 16.5. The number of nitrogens with one attached hydrogen (secondary N) is 1. The Hall–Kier alpha value is -4.26. The summed E-state index contributed by atoms with van der Waals surface area (Å²) in [4.78, 5) is 4.46. The smallest absolute Gasteiger partial charge is 0.156 e. The molecule has 0 aliphatic carbocycles. The van der Waals surface area contributed by atoms with E-state index in [0.717, 1.165) is 39.7 Å². The summed E-state index contributed by atoms with van der Waals surface area (Å²) in [5, 5.41) is 8.05. The zero-order valence-corrected chi connectivity index (χ0v) is 19.7. The third-order valence-corrected chi connectivity index (χ3v) is 5.27. The van der Waals surface area contributed by atoms with Crippen LogP contribution in [0.25, 0.3) is 22.6 Å². The maximum absolute atomic E-state index is 5.68. The summed E-state index contributed by atoms with van der Waals surface area (Å²) in [6, 6.07) is 17.5. The summed E-state index contributed by atoms with van der Waals surface area (Å²) in [7, 11) is 1.67. The Balaban J connectivity index is 1.50. The average molecular weight is 457 g/mol. The Morgan fingerprint density at radius 3 is 2.59 bits per heavy atom. The van der Waals surface area contributed by atoms with Crippen molar-refractivity contribution in [2.45, 2.75) is 13.8 Å². The lowest BCUT2D eigenvalue weighted by Crippen LogP contribution is -2.03. The topological polar surface area (TPSA) is 69.9 Å². The molecule has 0 aliphatic heterocycles. The molecule has 1 N–H and O–H groups in total. The van der Waals surface area contributed by atoms with Crippen molar-refractivity contribution in [3.8, 4) is 22.8 Å². The molecule has 0 saturated carbocycles. The van der Waals surface area contributed by atoms with Crippen molar-refractivity contribution in [1.29, 1.82) is 0 Å². The van der Waals surface area contributed by atoms with Gasteiger partial charge in [0.05, 0.1) is 25.1 Å². The van der Waals surface area contributed by atoms with Crippen LogP contribution in [0.2, 0.25) is 0 Å². The predicted octanol–water partition coefficient (Wildman–Crippen LogP) is 5.73. The largest absolute Gasteiger partial charge is 0.496 e. The minimum Gasteiger partial charge on any atom is -0.496 e. The number of nitrogens with zero attached hydrogens (tertiary/aromatic N) is 3. The number of fused-ring (bicyclic) bond motifs is 1. The third kappa shape index (κ3) is 5.04. The van der Waals surface area contributed by atoms with Crippen LogP contribution in [0.4, 0.5) is 5.69 Å². The molecule has 0 radical (unpaired) electrons.